The van der Waals surface area contributed by atoms with Crippen molar-refractivity contribution >= 4 is 0 Å². The van der Waals surface area contributed by atoms with Gasteiger partial charge in [-0.15, -0.1) is 0 Å². The third kappa shape index (κ3) is 4.04. The highest BCUT2D eigenvalue weighted by atomic mass is 16.3. The van der Waals surface area contributed by atoms with Gasteiger partial charge in [-0.25, -0.2) is 0 Å². The quantitative estimate of drug-likeness (QED) is 0.702. The first-order valence-electron chi connectivity index (χ1n) is 6.61. The van der Waals surface area contributed by atoms with Crippen molar-refractivity contribution in [3.63, 3.8) is 0 Å². The molecule has 1 unspecified atom stereocenters. The number of hydrogen-bond acceptors (Lipinski definition) is 3. The van der Waals surface area contributed by atoms with Gasteiger partial charge in [0.05, 0.1) is 12.1 Å². The molecule has 1 fully saturated rings. The molecule has 2 N–H and O–H groups in total. The van der Waals surface area contributed by atoms with Crippen LogP contribution in [0.5, 0.6) is 0 Å². The van der Waals surface area contributed by atoms with Gasteiger partial charge in [-0.05, 0) is 33.9 Å². The van der Waals surface area contributed by atoms with Crippen molar-refractivity contribution < 1.29 is 5.11 Å². The van der Waals surface area contributed by atoms with Crippen molar-refractivity contribution in [1.29, 1.82) is 0 Å². The van der Waals surface area contributed by atoms with Crippen LogP contribution in [0.2, 0.25) is 0 Å². The summed E-state index contributed by atoms with van der Waals surface area (Å²) in [6.45, 7) is 3.20. The van der Waals surface area contributed by atoms with Gasteiger partial charge in [0.15, 0.2) is 0 Å². The first-order chi connectivity index (χ1) is 7.61. The third-order valence-corrected chi connectivity index (χ3v) is 4.00. The monoisotopic (exact) mass is 228 g/mol. The van der Waals surface area contributed by atoms with E-state index in [9.17, 15) is 5.11 Å². The molecule has 96 valence electrons. The van der Waals surface area contributed by atoms with Gasteiger partial charge < -0.3 is 15.3 Å². The Morgan fingerprint density at radius 2 is 1.81 bits per heavy atom. The molecule has 16 heavy (non-hydrogen) atoms. The second-order valence-corrected chi connectivity index (χ2v) is 5.53. The Kier molecular flexibility index (Phi) is 5.73. The summed E-state index contributed by atoms with van der Waals surface area (Å²) in [5.41, 5.74) is -0.166. The second-order valence-electron chi connectivity index (χ2n) is 5.53. The van der Waals surface area contributed by atoms with Crippen LogP contribution >= 0.6 is 0 Å². The minimum atomic E-state index is -0.166. The molecule has 0 heterocycles. The fraction of sp³-hybridized carbons (Fsp3) is 1.00. The van der Waals surface area contributed by atoms with E-state index >= 15 is 0 Å². The van der Waals surface area contributed by atoms with Crippen molar-refractivity contribution in [2.75, 3.05) is 27.2 Å². The molecule has 0 saturated heterocycles. The molecule has 0 aromatic rings. The smallest absolute Gasteiger partial charge is 0.0623 e. The molecule has 3 heteroatoms. The standard InChI is InChI=1S/C13H28N2O/c1-13(11-16,14-2)10-15(3)12-8-6-4-5-7-9-12/h12,14,16H,4-11H2,1-3H3. The largest absolute Gasteiger partial charge is 0.394 e. The lowest BCUT2D eigenvalue weighted by Crippen LogP contribution is -2.53. The highest BCUT2D eigenvalue weighted by molar-refractivity contribution is 4.86. The zero-order valence-corrected chi connectivity index (χ0v) is 11.1. The van der Waals surface area contributed by atoms with E-state index in [0.29, 0.717) is 6.04 Å². The topological polar surface area (TPSA) is 35.5 Å². The number of nitrogens with zero attached hydrogens (tertiary/aromatic N) is 1. The molecule has 1 aliphatic rings. The van der Waals surface area contributed by atoms with E-state index in [2.05, 4.69) is 24.2 Å². The van der Waals surface area contributed by atoms with Gasteiger partial charge in [0.1, 0.15) is 0 Å². The molecule has 1 saturated carbocycles. The maximum absolute atomic E-state index is 9.40. The van der Waals surface area contributed by atoms with E-state index in [1.807, 2.05) is 7.05 Å². The number of aliphatic hydroxyl groups is 1. The van der Waals surface area contributed by atoms with Crippen LogP contribution in [0.25, 0.3) is 0 Å². The molecular formula is C13H28N2O. The fourth-order valence-electron chi connectivity index (χ4n) is 2.59. The van der Waals surface area contributed by atoms with Crippen LogP contribution < -0.4 is 5.32 Å². The molecule has 1 atom stereocenters. The van der Waals surface area contributed by atoms with Gasteiger partial charge in [0.2, 0.25) is 0 Å². The molecule has 0 aromatic carbocycles. The lowest BCUT2D eigenvalue weighted by atomic mass is 10.0. The predicted molar refractivity (Wildman–Crippen MR) is 68.7 cm³/mol. The average Bonchev–Trinajstić information content (AvgIpc) is 2.57. The van der Waals surface area contributed by atoms with E-state index in [4.69, 9.17) is 0 Å². The lowest BCUT2D eigenvalue weighted by Gasteiger charge is -2.36. The van der Waals surface area contributed by atoms with Crippen LogP contribution in [-0.2, 0) is 0 Å². The summed E-state index contributed by atoms with van der Waals surface area (Å²) >= 11 is 0. The Labute approximate surface area is 100 Å². The number of hydrogen-bond donors (Lipinski definition) is 2. The summed E-state index contributed by atoms with van der Waals surface area (Å²) in [6.07, 6.45) is 8.17. The predicted octanol–water partition coefficient (Wildman–Crippen LogP) is 1.61. The summed E-state index contributed by atoms with van der Waals surface area (Å²) in [4.78, 5) is 2.43. The van der Waals surface area contributed by atoms with Crippen LogP contribution in [0, 0.1) is 0 Å². The van der Waals surface area contributed by atoms with E-state index in [-0.39, 0.29) is 12.1 Å². The SMILES string of the molecule is CNC(C)(CO)CN(C)C1CCCCCC1. The van der Waals surface area contributed by atoms with Gasteiger partial charge >= 0.3 is 0 Å². The van der Waals surface area contributed by atoms with E-state index in [1.54, 1.807) is 0 Å². The molecule has 3 nitrogen and oxygen atoms in total. The molecule has 0 aliphatic heterocycles. The van der Waals surface area contributed by atoms with Crippen molar-refractivity contribution in [2.45, 2.75) is 57.0 Å². The molecule has 1 rings (SSSR count). The van der Waals surface area contributed by atoms with Gasteiger partial charge in [-0.1, -0.05) is 25.7 Å². The normalized spacial score (nSPS) is 23.1. The molecule has 0 spiro atoms. The highest BCUT2D eigenvalue weighted by Gasteiger charge is 2.26. The Bertz CT molecular complexity index is 184. The minimum absolute atomic E-state index is 0.166. The Hall–Kier alpha value is -0.120. The van der Waals surface area contributed by atoms with Crippen LogP contribution in [0.1, 0.15) is 45.4 Å². The van der Waals surface area contributed by atoms with E-state index in [0.717, 1.165) is 6.54 Å². The maximum atomic E-state index is 9.40. The summed E-state index contributed by atoms with van der Waals surface area (Å²) in [5, 5.41) is 12.6. The number of likely N-dealkylation sites (N-methyl/N-ethyl adjacent to an activating group) is 2. The van der Waals surface area contributed by atoms with Gasteiger partial charge in [0, 0.05) is 12.6 Å². The summed E-state index contributed by atoms with van der Waals surface area (Å²) < 4.78 is 0. The first-order valence-corrected chi connectivity index (χ1v) is 6.61. The molecule has 0 bridgehead atoms. The van der Waals surface area contributed by atoms with Gasteiger partial charge in [-0.2, -0.15) is 0 Å². The number of rotatable bonds is 5. The Morgan fingerprint density at radius 3 is 2.25 bits per heavy atom. The zero-order chi connectivity index (χ0) is 12.0. The maximum Gasteiger partial charge on any atom is 0.0623 e. The van der Waals surface area contributed by atoms with Gasteiger partial charge in [0.25, 0.3) is 0 Å². The average molecular weight is 228 g/mol. The van der Waals surface area contributed by atoms with Crippen LogP contribution in [0.3, 0.4) is 0 Å². The van der Waals surface area contributed by atoms with Crippen molar-refractivity contribution in [3.8, 4) is 0 Å². The van der Waals surface area contributed by atoms with E-state index in [1.165, 1.54) is 38.5 Å². The van der Waals surface area contributed by atoms with Gasteiger partial charge in [-0.3, -0.25) is 0 Å². The lowest BCUT2D eigenvalue weighted by molar-refractivity contribution is 0.111. The van der Waals surface area contributed by atoms with E-state index < -0.39 is 0 Å². The van der Waals surface area contributed by atoms with Crippen molar-refractivity contribution in [2.24, 2.45) is 0 Å². The molecular weight excluding hydrogens is 200 g/mol. The molecule has 0 amide bonds. The third-order valence-electron chi connectivity index (χ3n) is 4.00. The molecule has 1 aliphatic carbocycles. The Balaban J connectivity index is 2.45. The minimum Gasteiger partial charge on any atom is -0.394 e. The highest BCUT2D eigenvalue weighted by Crippen LogP contribution is 2.22. The summed E-state index contributed by atoms with van der Waals surface area (Å²) in [5.74, 6) is 0. The first kappa shape index (κ1) is 13.9. The van der Waals surface area contributed by atoms with Crippen LogP contribution in [0.4, 0.5) is 0 Å². The van der Waals surface area contributed by atoms with Crippen molar-refractivity contribution in [1.82, 2.24) is 10.2 Å². The Morgan fingerprint density at radius 1 is 1.25 bits per heavy atom. The van der Waals surface area contributed by atoms with Crippen molar-refractivity contribution in [3.05, 3.63) is 0 Å². The zero-order valence-electron chi connectivity index (χ0n) is 11.1. The summed E-state index contributed by atoms with van der Waals surface area (Å²) in [6, 6.07) is 0.710. The number of aliphatic hydroxyl groups excluding tert-OH is 1. The van der Waals surface area contributed by atoms with Crippen LogP contribution in [0.15, 0.2) is 0 Å². The summed E-state index contributed by atoms with van der Waals surface area (Å²) in [7, 11) is 4.12. The second kappa shape index (κ2) is 6.58. The number of nitrogens with one attached hydrogen (secondary N) is 1. The molecule has 0 aromatic heterocycles. The fourth-order valence-corrected chi connectivity index (χ4v) is 2.59. The van der Waals surface area contributed by atoms with Crippen LogP contribution in [-0.4, -0.2) is 48.8 Å². The molecule has 0 radical (unpaired) electrons.